The predicted molar refractivity (Wildman–Crippen MR) is 125 cm³/mol. The summed E-state index contributed by atoms with van der Waals surface area (Å²) in [5.74, 6) is -0.0545. The summed E-state index contributed by atoms with van der Waals surface area (Å²) in [5.41, 5.74) is 1.53. The zero-order valence-corrected chi connectivity index (χ0v) is 20.1. The van der Waals surface area contributed by atoms with Crippen molar-refractivity contribution < 1.29 is 14.4 Å². The average molecular weight is 450 g/mol. The normalized spacial score (nSPS) is 13.9. The van der Waals surface area contributed by atoms with Crippen LogP contribution in [0.4, 0.5) is 5.69 Å². The van der Waals surface area contributed by atoms with E-state index in [1.807, 2.05) is 26.8 Å². The minimum absolute atomic E-state index is 0.0155. The highest BCUT2D eigenvalue weighted by Gasteiger charge is 2.33. The van der Waals surface area contributed by atoms with Gasteiger partial charge < -0.3 is 9.80 Å². The maximum absolute atomic E-state index is 13.0. The maximum atomic E-state index is 13.0. The van der Waals surface area contributed by atoms with Gasteiger partial charge in [0.2, 0.25) is 17.7 Å². The number of halogens is 1. The molecule has 0 atom stereocenters. The molecule has 1 aromatic carbocycles. The summed E-state index contributed by atoms with van der Waals surface area (Å²) in [6.07, 6.45) is 5.86. The summed E-state index contributed by atoms with van der Waals surface area (Å²) >= 11 is 6.20. The van der Waals surface area contributed by atoms with Crippen molar-refractivity contribution in [1.29, 1.82) is 0 Å². The molecule has 0 aromatic heterocycles. The molecule has 3 amide bonds. The number of nitrogens with zero attached hydrogens (tertiary/aromatic N) is 3. The summed E-state index contributed by atoms with van der Waals surface area (Å²) in [4.78, 5) is 43.1. The zero-order chi connectivity index (χ0) is 23.0. The summed E-state index contributed by atoms with van der Waals surface area (Å²) in [7, 11) is 0. The standard InChI is InChI=1S/C24H36ClN3O3/c1-5-6-7-8-9-13-22(29)26(14-18(2)3)15-23(30)27-16-24(31)28(17-27)21-12-10-11-20(25)19(21)4/h10-12,18H,5-9,13-17H2,1-4H3. The topological polar surface area (TPSA) is 60.9 Å². The highest BCUT2D eigenvalue weighted by Crippen LogP contribution is 2.28. The van der Waals surface area contributed by atoms with E-state index in [-0.39, 0.29) is 43.4 Å². The van der Waals surface area contributed by atoms with Gasteiger partial charge in [0.15, 0.2) is 0 Å². The molecule has 1 heterocycles. The zero-order valence-electron chi connectivity index (χ0n) is 19.3. The molecule has 172 valence electrons. The van der Waals surface area contributed by atoms with Crippen molar-refractivity contribution in [1.82, 2.24) is 9.80 Å². The van der Waals surface area contributed by atoms with E-state index in [2.05, 4.69) is 6.92 Å². The van der Waals surface area contributed by atoms with Crippen LogP contribution in [-0.2, 0) is 14.4 Å². The van der Waals surface area contributed by atoms with Crippen molar-refractivity contribution in [3.05, 3.63) is 28.8 Å². The van der Waals surface area contributed by atoms with Gasteiger partial charge in [0, 0.05) is 23.7 Å². The first-order valence-corrected chi connectivity index (χ1v) is 11.7. The molecule has 0 radical (unpaired) electrons. The third-order valence-electron chi connectivity index (χ3n) is 5.58. The molecule has 0 saturated carbocycles. The van der Waals surface area contributed by atoms with Crippen LogP contribution in [0.5, 0.6) is 0 Å². The Bertz CT molecular complexity index is 781. The van der Waals surface area contributed by atoms with Gasteiger partial charge in [0.05, 0.1) is 6.54 Å². The molecule has 1 aromatic rings. The van der Waals surface area contributed by atoms with E-state index in [9.17, 15) is 14.4 Å². The van der Waals surface area contributed by atoms with E-state index in [0.29, 0.717) is 18.0 Å². The summed E-state index contributed by atoms with van der Waals surface area (Å²) in [6.45, 7) is 8.85. The molecule has 0 spiro atoms. The number of amides is 3. The highest BCUT2D eigenvalue weighted by atomic mass is 35.5. The second-order valence-corrected chi connectivity index (χ2v) is 9.18. The van der Waals surface area contributed by atoms with Crippen LogP contribution in [-0.4, -0.2) is 53.8 Å². The molecule has 31 heavy (non-hydrogen) atoms. The Kier molecular flexibility index (Phi) is 9.82. The molecular formula is C24H36ClN3O3. The Labute approximate surface area is 191 Å². The van der Waals surface area contributed by atoms with Crippen LogP contribution >= 0.6 is 11.6 Å². The second kappa shape index (κ2) is 12.1. The third kappa shape index (κ3) is 7.23. The molecule has 0 aliphatic carbocycles. The average Bonchev–Trinajstić information content (AvgIpc) is 3.10. The quantitative estimate of drug-likeness (QED) is 0.463. The largest absolute Gasteiger partial charge is 0.333 e. The molecule has 6 nitrogen and oxygen atoms in total. The van der Waals surface area contributed by atoms with E-state index >= 15 is 0 Å². The fourth-order valence-electron chi connectivity index (χ4n) is 3.81. The molecule has 1 aliphatic rings. The Hall–Kier alpha value is -2.08. The summed E-state index contributed by atoms with van der Waals surface area (Å²) in [6, 6.07) is 5.41. The highest BCUT2D eigenvalue weighted by molar-refractivity contribution is 6.31. The van der Waals surface area contributed by atoms with Crippen molar-refractivity contribution in [3.8, 4) is 0 Å². The third-order valence-corrected chi connectivity index (χ3v) is 5.99. The smallest absolute Gasteiger partial charge is 0.248 e. The van der Waals surface area contributed by atoms with Crippen molar-refractivity contribution in [2.45, 2.75) is 66.2 Å². The van der Waals surface area contributed by atoms with E-state index in [1.165, 1.54) is 17.7 Å². The minimum atomic E-state index is -0.199. The molecule has 1 aliphatic heterocycles. The molecule has 1 saturated heterocycles. The van der Waals surface area contributed by atoms with Gasteiger partial charge in [-0.05, 0) is 37.0 Å². The molecular weight excluding hydrogens is 414 g/mol. The molecule has 1 fully saturated rings. The van der Waals surface area contributed by atoms with Crippen molar-refractivity contribution in [3.63, 3.8) is 0 Å². The molecule has 2 rings (SSSR count). The summed E-state index contributed by atoms with van der Waals surface area (Å²) < 4.78 is 0. The number of hydrogen-bond donors (Lipinski definition) is 0. The lowest BCUT2D eigenvalue weighted by molar-refractivity contribution is -0.140. The molecule has 0 bridgehead atoms. The van der Waals surface area contributed by atoms with Crippen LogP contribution in [0.15, 0.2) is 18.2 Å². The number of hydrogen-bond acceptors (Lipinski definition) is 3. The van der Waals surface area contributed by atoms with Crippen LogP contribution in [0.1, 0.15) is 64.9 Å². The van der Waals surface area contributed by atoms with Crippen LogP contribution in [0.3, 0.4) is 0 Å². The van der Waals surface area contributed by atoms with Crippen molar-refractivity contribution >= 4 is 35.0 Å². The van der Waals surface area contributed by atoms with E-state index in [1.54, 1.807) is 21.9 Å². The minimum Gasteiger partial charge on any atom is -0.333 e. The number of rotatable bonds is 11. The fraction of sp³-hybridized carbons (Fsp3) is 0.625. The van der Waals surface area contributed by atoms with Crippen molar-refractivity contribution in [2.24, 2.45) is 5.92 Å². The lowest BCUT2D eigenvalue weighted by Crippen LogP contribution is -2.44. The molecule has 0 N–H and O–H groups in total. The van der Waals surface area contributed by atoms with Gasteiger partial charge in [0.1, 0.15) is 13.2 Å². The Morgan fingerprint density at radius 2 is 1.87 bits per heavy atom. The van der Waals surface area contributed by atoms with Gasteiger partial charge in [-0.25, -0.2) is 0 Å². The van der Waals surface area contributed by atoms with E-state index < -0.39 is 0 Å². The van der Waals surface area contributed by atoms with Gasteiger partial charge in [0.25, 0.3) is 0 Å². The van der Waals surface area contributed by atoms with Gasteiger partial charge >= 0.3 is 0 Å². The van der Waals surface area contributed by atoms with Crippen LogP contribution in [0.2, 0.25) is 5.02 Å². The fourth-order valence-corrected chi connectivity index (χ4v) is 3.98. The van der Waals surface area contributed by atoms with Crippen LogP contribution < -0.4 is 4.90 Å². The van der Waals surface area contributed by atoms with Gasteiger partial charge in [-0.15, -0.1) is 0 Å². The Morgan fingerprint density at radius 3 is 2.55 bits per heavy atom. The Balaban J connectivity index is 1.99. The van der Waals surface area contributed by atoms with Crippen LogP contribution in [0.25, 0.3) is 0 Å². The van der Waals surface area contributed by atoms with Gasteiger partial charge in [-0.2, -0.15) is 0 Å². The lowest BCUT2D eigenvalue weighted by Gasteiger charge is -2.27. The number of anilines is 1. The first-order chi connectivity index (χ1) is 14.7. The lowest BCUT2D eigenvalue weighted by atomic mass is 10.1. The second-order valence-electron chi connectivity index (χ2n) is 8.77. The Morgan fingerprint density at radius 1 is 1.16 bits per heavy atom. The molecule has 7 heteroatoms. The first-order valence-electron chi connectivity index (χ1n) is 11.4. The van der Waals surface area contributed by atoms with Gasteiger partial charge in [-0.1, -0.05) is 64.1 Å². The molecule has 0 unspecified atom stereocenters. The monoisotopic (exact) mass is 449 g/mol. The number of carbonyl (C=O) groups is 3. The van der Waals surface area contributed by atoms with E-state index in [4.69, 9.17) is 11.6 Å². The maximum Gasteiger partial charge on any atom is 0.248 e. The van der Waals surface area contributed by atoms with E-state index in [0.717, 1.165) is 30.5 Å². The SMILES string of the molecule is CCCCCCCC(=O)N(CC(=O)N1CC(=O)N(c2cccc(Cl)c2C)C1)CC(C)C. The van der Waals surface area contributed by atoms with Crippen molar-refractivity contribution in [2.75, 3.05) is 31.2 Å². The number of benzene rings is 1. The summed E-state index contributed by atoms with van der Waals surface area (Å²) in [5, 5.41) is 0.586. The predicted octanol–water partition coefficient (Wildman–Crippen LogP) is 4.63. The first kappa shape index (κ1) is 25.2. The van der Waals surface area contributed by atoms with Crippen LogP contribution in [0, 0.1) is 12.8 Å². The van der Waals surface area contributed by atoms with Gasteiger partial charge in [-0.3, -0.25) is 19.3 Å². The number of carbonyl (C=O) groups excluding carboxylic acids is 3. The number of unbranched alkanes of at least 4 members (excludes halogenated alkanes) is 4.